The molecule has 23 heavy (non-hydrogen) atoms. The van der Waals surface area contributed by atoms with Gasteiger partial charge in [-0.25, -0.2) is 4.79 Å². The largest absolute Gasteiger partial charge is 0.462 e. The van der Waals surface area contributed by atoms with Crippen LogP contribution in [-0.4, -0.2) is 17.1 Å². The van der Waals surface area contributed by atoms with Crippen molar-refractivity contribution in [1.82, 2.24) is 4.57 Å². The van der Waals surface area contributed by atoms with Crippen LogP contribution >= 0.6 is 27.3 Å². The maximum absolute atomic E-state index is 12.4. The molecular formula is C17H14BrNO3S. The van der Waals surface area contributed by atoms with E-state index in [0.717, 1.165) is 21.5 Å². The first-order valence-corrected chi connectivity index (χ1v) is 8.72. The van der Waals surface area contributed by atoms with Crippen LogP contribution in [0.25, 0.3) is 15.9 Å². The molecule has 0 fully saturated rings. The van der Waals surface area contributed by atoms with E-state index in [1.165, 1.54) is 17.4 Å². The zero-order valence-electron chi connectivity index (χ0n) is 12.6. The molecule has 0 aliphatic carbocycles. The van der Waals surface area contributed by atoms with E-state index in [9.17, 15) is 9.59 Å². The van der Waals surface area contributed by atoms with Crippen molar-refractivity contribution in [2.45, 2.75) is 13.8 Å². The van der Waals surface area contributed by atoms with Gasteiger partial charge in [0, 0.05) is 11.5 Å². The van der Waals surface area contributed by atoms with Crippen LogP contribution in [-0.2, 0) is 4.74 Å². The highest BCUT2D eigenvalue weighted by Crippen LogP contribution is 2.36. The molecule has 118 valence electrons. The van der Waals surface area contributed by atoms with Crippen molar-refractivity contribution in [1.29, 1.82) is 0 Å². The van der Waals surface area contributed by atoms with Gasteiger partial charge in [-0.3, -0.25) is 9.36 Å². The predicted octanol–water partition coefficient (Wildman–Crippen LogP) is 4.30. The number of ether oxygens (including phenoxy) is 1. The van der Waals surface area contributed by atoms with Gasteiger partial charge < -0.3 is 4.74 Å². The maximum Gasteiger partial charge on any atom is 0.349 e. The number of aromatic nitrogens is 1. The lowest BCUT2D eigenvalue weighted by molar-refractivity contribution is 0.0531. The van der Waals surface area contributed by atoms with E-state index in [0.29, 0.717) is 16.0 Å². The van der Waals surface area contributed by atoms with Crippen LogP contribution in [0.4, 0.5) is 0 Å². The molecule has 0 saturated heterocycles. The number of nitrogens with zero attached hydrogens (tertiary/aromatic N) is 1. The molecule has 6 heteroatoms. The molecule has 0 atom stereocenters. The van der Waals surface area contributed by atoms with Crippen LogP contribution in [0.15, 0.2) is 45.7 Å². The lowest BCUT2D eigenvalue weighted by atomic mass is 10.2. The topological polar surface area (TPSA) is 48.3 Å². The Kier molecular flexibility index (Phi) is 4.37. The van der Waals surface area contributed by atoms with Crippen LogP contribution in [0, 0.1) is 6.92 Å². The molecule has 0 amide bonds. The van der Waals surface area contributed by atoms with Crippen LogP contribution in [0.3, 0.4) is 0 Å². The third kappa shape index (κ3) is 2.84. The molecule has 0 unspecified atom stereocenters. The molecule has 0 spiro atoms. The van der Waals surface area contributed by atoms with Crippen LogP contribution in [0.1, 0.15) is 22.2 Å². The Morgan fingerprint density at radius 2 is 2.09 bits per heavy atom. The molecule has 2 heterocycles. The molecule has 3 aromatic rings. The van der Waals surface area contributed by atoms with E-state index in [4.69, 9.17) is 4.74 Å². The zero-order valence-corrected chi connectivity index (χ0v) is 15.0. The monoisotopic (exact) mass is 391 g/mol. The summed E-state index contributed by atoms with van der Waals surface area (Å²) < 4.78 is 7.38. The first kappa shape index (κ1) is 16.0. The van der Waals surface area contributed by atoms with Gasteiger partial charge >= 0.3 is 5.97 Å². The number of fused-ring (bicyclic) bond motifs is 1. The van der Waals surface area contributed by atoms with Crippen LogP contribution in [0.5, 0.6) is 0 Å². The van der Waals surface area contributed by atoms with Gasteiger partial charge in [0.1, 0.15) is 9.71 Å². The third-order valence-corrected chi connectivity index (χ3v) is 5.66. The quantitative estimate of drug-likeness (QED) is 0.625. The van der Waals surface area contributed by atoms with Gasteiger partial charge in [0.05, 0.1) is 16.8 Å². The standard InChI is InChI=1S/C17H14BrNO3S/c1-3-22-17(21)15-14(18)12-7-8-13(20)19(16(12)23-15)11-6-4-5-10(2)9-11/h4-9H,3H2,1-2H3. The summed E-state index contributed by atoms with van der Waals surface area (Å²) in [6, 6.07) is 10.9. The van der Waals surface area contributed by atoms with Gasteiger partial charge in [-0.15, -0.1) is 11.3 Å². The first-order valence-electron chi connectivity index (χ1n) is 7.11. The van der Waals surface area contributed by atoms with Crippen molar-refractivity contribution in [2.75, 3.05) is 6.61 Å². The Balaban J connectivity index is 2.30. The van der Waals surface area contributed by atoms with E-state index in [2.05, 4.69) is 15.9 Å². The third-order valence-electron chi connectivity index (χ3n) is 3.40. The van der Waals surface area contributed by atoms with Gasteiger partial charge in [0.15, 0.2) is 0 Å². The molecule has 0 radical (unpaired) electrons. The summed E-state index contributed by atoms with van der Waals surface area (Å²) in [7, 11) is 0. The summed E-state index contributed by atoms with van der Waals surface area (Å²) in [6.45, 7) is 4.05. The zero-order chi connectivity index (χ0) is 16.6. The summed E-state index contributed by atoms with van der Waals surface area (Å²) >= 11 is 4.72. The summed E-state index contributed by atoms with van der Waals surface area (Å²) in [5.74, 6) is -0.385. The fourth-order valence-electron chi connectivity index (χ4n) is 2.39. The molecule has 0 aliphatic rings. The second-order valence-electron chi connectivity index (χ2n) is 5.03. The number of benzene rings is 1. The highest BCUT2D eigenvalue weighted by atomic mass is 79.9. The molecule has 0 bridgehead atoms. The minimum absolute atomic E-state index is 0.132. The average Bonchev–Trinajstić information content (AvgIpc) is 2.84. The smallest absolute Gasteiger partial charge is 0.349 e. The van der Waals surface area contributed by atoms with Gasteiger partial charge in [-0.2, -0.15) is 0 Å². The Labute approximate surface area is 145 Å². The first-order chi connectivity index (χ1) is 11.0. The molecule has 2 aromatic heterocycles. The van der Waals surface area contributed by atoms with E-state index < -0.39 is 0 Å². The number of hydrogen-bond donors (Lipinski definition) is 0. The Morgan fingerprint density at radius 3 is 2.78 bits per heavy atom. The summed E-state index contributed by atoms with van der Waals surface area (Å²) in [4.78, 5) is 25.7. The van der Waals surface area contributed by atoms with Gasteiger partial charge in [0.25, 0.3) is 5.56 Å². The lowest BCUT2D eigenvalue weighted by Crippen LogP contribution is -2.16. The Hall–Kier alpha value is -1.92. The molecule has 1 aromatic carbocycles. The molecule has 3 rings (SSSR count). The second kappa shape index (κ2) is 6.29. The van der Waals surface area contributed by atoms with E-state index >= 15 is 0 Å². The van der Waals surface area contributed by atoms with Crippen LogP contribution in [0.2, 0.25) is 0 Å². The highest BCUT2D eigenvalue weighted by molar-refractivity contribution is 9.10. The van der Waals surface area contributed by atoms with E-state index in [-0.39, 0.29) is 11.5 Å². The van der Waals surface area contributed by atoms with Crippen molar-refractivity contribution in [3.63, 3.8) is 0 Å². The maximum atomic E-state index is 12.4. The van der Waals surface area contributed by atoms with Gasteiger partial charge in [0.2, 0.25) is 0 Å². The number of esters is 1. The Bertz CT molecular complexity index is 958. The van der Waals surface area contributed by atoms with Crippen molar-refractivity contribution in [3.8, 4) is 5.69 Å². The van der Waals surface area contributed by atoms with E-state index in [1.54, 1.807) is 17.6 Å². The van der Waals surface area contributed by atoms with Crippen molar-refractivity contribution >= 4 is 43.5 Å². The number of carbonyl (C=O) groups is 1. The van der Waals surface area contributed by atoms with Crippen molar-refractivity contribution in [2.24, 2.45) is 0 Å². The predicted molar refractivity (Wildman–Crippen MR) is 95.8 cm³/mol. The Morgan fingerprint density at radius 1 is 1.30 bits per heavy atom. The number of pyridine rings is 1. The minimum atomic E-state index is -0.385. The van der Waals surface area contributed by atoms with Crippen LogP contribution < -0.4 is 5.56 Å². The van der Waals surface area contributed by atoms with E-state index in [1.807, 2.05) is 31.2 Å². The number of rotatable bonds is 3. The molecule has 0 aliphatic heterocycles. The number of hydrogen-bond acceptors (Lipinski definition) is 4. The normalized spacial score (nSPS) is 10.9. The number of thiophene rings is 1. The number of aryl methyl sites for hydroxylation is 1. The number of halogens is 1. The molecular weight excluding hydrogens is 378 g/mol. The SMILES string of the molecule is CCOC(=O)c1sc2c(ccc(=O)n2-c2cccc(C)c2)c1Br. The summed E-state index contributed by atoms with van der Waals surface area (Å²) in [6.07, 6.45) is 0. The molecule has 4 nitrogen and oxygen atoms in total. The van der Waals surface area contributed by atoms with Gasteiger partial charge in [-0.1, -0.05) is 12.1 Å². The molecule has 0 saturated carbocycles. The highest BCUT2D eigenvalue weighted by Gasteiger charge is 2.20. The summed E-state index contributed by atoms with van der Waals surface area (Å²) in [5.41, 5.74) is 1.71. The minimum Gasteiger partial charge on any atom is -0.462 e. The lowest BCUT2D eigenvalue weighted by Gasteiger charge is -2.07. The fourth-order valence-corrected chi connectivity index (χ4v) is 4.35. The molecule has 0 N–H and O–H groups in total. The average molecular weight is 392 g/mol. The fraction of sp³-hybridized carbons (Fsp3) is 0.176. The van der Waals surface area contributed by atoms with Crippen molar-refractivity contribution in [3.05, 3.63) is 61.7 Å². The second-order valence-corrected chi connectivity index (χ2v) is 6.82. The summed E-state index contributed by atoms with van der Waals surface area (Å²) in [5, 5.41) is 0.819. The van der Waals surface area contributed by atoms with Gasteiger partial charge in [-0.05, 0) is 53.5 Å². The van der Waals surface area contributed by atoms with Crippen molar-refractivity contribution < 1.29 is 9.53 Å². The number of carbonyl (C=O) groups excluding carboxylic acids is 1.